The minimum absolute atomic E-state index is 0.0889. The van der Waals surface area contributed by atoms with Gasteiger partial charge in [-0.2, -0.15) is 0 Å². The summed E-state index contributed by atoms with van der Waals surface area (Å²) in [6, 6.07) is 9.06. The van der Waals surface area contributed by atoms with Crippen LogP contribution in [0.2, 0.25) is 0 Å². The number of aliphatic carboxylic acids is 1. The lowest BCUT2D eigenvalue weighted by atomic mass is 10.0. The molecule has 1 aliphatic rings. The molecule has 1 amide bonds. The summed E-state index contributed by atoms with van der Waals surface area (Å²) in [5.74, 6) is -1.32. The maximum absolute atomic E-state index is 12.0. The molecule has 1 atom stereocenters. The van der Waals surface area contributed by atoms with Gasteiger partial charge in [0.05, 0.1) is 0 Å². The van der Waals surface area contributed by atoms with Crippen molar-refractivity contribution in [2.24, 2.45) is 0 Å². The van der Waals surface area contributed by atoms with Gasteiger partial charge in [0, 0.05) is 17.7 Å². The van der Waals surface area contributed by atoms with Gasteiger partial charge in [-0.1, -0.05) is 30.3 Å². The zero-order valence-corrected chi connectivity index (χ0v) is 11.0. The number of amides is 1. The summed E-state index contributed by atoms with van der Waals surface area (Å²) < 4.78 is 0. The summed E-state index contributed by atoms with van der Waals surface area (Å²) in [6.45, 7) is 1.60. The Labute approximate surface area is 116 Å². The molecule has 0 saturated heterocycles. The van der Waals surface area contributed by atoms with E-state index in [4.69, 9.17) is 5.11 Å². The predicted molar refractivity (Wildman–Crippen MR) is 70.5 cm³/mol. The van der Waals surface area contributed by atoms with Gasteiger partial charge in [-0.15, -0.1) is 0 Å². The van der Waals surface area contributed by atoms with Gasteiger partial charge in [0.1, 0.15) is 0 Å². The van der Waals surface area contributed by atoms with Crippen molar-refractivity contribution in [1.82, 2.24) is 10.4 Å². The van der Waals surface area contributed by atoms with E-state index in [1.165, 1.54) is 0 Å². The largest absolute Gasteiger partial charge is 0.481 e. The second kappa shape index (κ2) is 5.75. The minimum Gasteiger partial charge on any atom is -0.481 e. The Bertz CT molecular complexity index is 554. The molecule has 0 spiro atoms. The van der Waals surface area contributed by atoms with Crippen molar-refractivity contribution in [3.8, 4) is 0 Å². The van der Waals surface area contributed by atoms with E-state index in [0.717, 1.165) is 10.6 Å². The van der Waals surface area contributed by atoms with Crippen molar-refractivity contribution in [3.05, 3.63) is 47.2 Å². The molecule has 6 nitrogen and oxygen atoms in total. The van der Waals surface area contributed by atoms with E-state index in [1.54, 1.807) is 19.1 Å². The smallest absolute Gasteiger partial charge is 0.303 e. The number of carbonyl (C=O) groups is 2. The number of carboxylic acids is 1. The molecule has 1 aromatic carbocycles. The second-order valence-electron chi connectivity index (χ2n) is 4.59. The van der Waals surface area contributed by atoms with Crippen molar-refractivity contribution in [2.75, 3.05) is 0 Å². The Kier molecular flexibility index (Phi) is 4.05. The van der Waals surface area contributed by atoms with Gasteiger partial charge in [-0.25, -0.2) is 5.06 Å². The average molecular weight is 276 g/mol. The molecule has 0 saturated carbocycles. The first-order valence-corrected chi connectivity index (χ1v) is 6.26. The molecule has 0 bridgehead atoms. The van der Waals surface area contributed by atoms with Crippen LogP contribution in [0.5, 0.6) is 0 Å². The Morgan fingerprint density at radius 3 is 2.60 bits per heavy atom. The second-order valence-corrected chi connectivity index (χ2v) is 4.59. The maximum Gasteiger partial charge on any atom is 0.303 e. The van der Waals surface area contributed by atoms with Crippen molar-refractivity contribution < 1.29 is 19.9 Å². The summed E-state index contributed by atoms with van der Waals surface area (Å²) in [5, 5.41) is 22.5. The third-order valence-corrected chi connectivity index (χ3v) is 3.27. The molecule has 20 heavy (non-hydrogen) atoms. The van der Waals surface area contributed by atoms with Gasteiger partial charge in [0.2, 0.25) is 0 Å². The van der Waals surface area contributed by atoms with E-state index >= 15 is 0 Å². The molecule has 0 radical (unpaired) electrons. The fraction of sp³-hybridized carbons (Fsp3) is 0.286. The van der Waals surface area contributed by atoms with Gasteiger partial charge in [-0.05, 0) is 18.9 Å². The highest BCUT2D eigenvalue weighted by Crippen LogP contribution is 2.28. The molecule has 106 valence electrons. The molecule has 3 N–H and O–H groups in total. The van der Waals surface area contributed by atoms with Crippen LogP contribution < -0.4 is 5.32 Å². The Morgan fingerprint density at radius 1 is 1.35 bits per heavy atom. The molecule has 2 rings (SSSR count). The molecular formula is C14H16N2O4. The Morgan fingerprint density at radius 2 is 2.00 bits per heavy atom. The lowest BCUT2D eigenvalue weighted by Gasteiger charge is -2.35. The highest BCUT2D eigenvalue weighted by molar-refractivity contribution is 5.95. The number of nitrogens with zero attached hydrogens (tertiary/aromatic N) is 1. The number of carbonyl (C=O) groups excluding carboxylic acids is 1. The maximum atomic E-state index is 12.0. The van der Waals surface area contributed by atoms with Crippen LogP contribution in [0.3, 0.4) is 0 Å². The van der Waals surface area contributed by atoms with Gasteiger partial charge < -0.3 is 10.4 Å². The molecule has 6 heteroatoms. The zero-order chi connectivity index (χ0) is 14.7. The van der Waals surface area contributed by atoms with Gasteiger partial charge >= 0.3 is 5.97 Å². The standard InChI is InChI=1S/C14H16N2O4/c1-9-11(7-8-12(17)18)14(19)15-13(16(9)20)10-5-3-2-4-6-10/h2-6,13,20H,7-8H2,1H3,(H,15,19)(H,17,18). The highest BCUT2D eigenvalue weighted by Gasteiger charge is 2.31. The Balaban J connectivity index is 2.25. The van der Waals surface area contributed by atoms with Crippen LogP contribution in [-0.4, -0.2) is 27.3 Å². The van der Waals surface area contributed by atoms with E-state index in [0.29, 0.717) is 11.3 Å². The molecule has 1 aliphatic heterocycles. The number of hydroxylamine groups is 2. The molecular weight excluding hydrogens is 260 g/mol. The van der Waals surface area contributed by atoms with E-state index in [2.05, 4.69) is 5.32 Å². The summed E-state index contributed by atoms with van der Waals surface area (Å²) in [4.78, 5) is 22.6. The topological polar surface area (TPSA) is 89.9 Å². The fourth-order valence-corrected chi connectivity index (χ4v) is 2.15. The normalized spacial score (nSPS) is 19.0. The number of nitrogens with one attached hydrogen (secondary N) is 1. The van der Waals surface area contributed by atoms with Crippen LogP contribution in [0.1, 0.15) is 31.5 Å². The van der Waals surface area contributed by atoms with E-state index in [-0.39, 0.29) is 18.7 Å². The van der Waals surface area contributed by atoms with Crippen molar-refractivity contribution in [1.29, 1.82) is 0 Å². The SMILES string of the molecule is CC1=C(CCC(=O)O)C(=O)NC(c2ccccc2)N1O. The number of carboxylic acid groups (broad SMARTS) is 1. The molecule has 1 unspecified atom stereocenters. The lowest BCUT2D eigenvalue weighted by molar-refractivity contribution is -0.140. The molecule has 0 fully saturated rings. The number of rotatable bonds is 4. The first kappa shape index (κ1) is 14.1. The third kappa shape index (κ3) is 2.80. The fourth-order valence-electron chi connectivity index (χ4n) is 2.15. The number of allylic oxidation sites excluding steroid dienone is 1. The van der Waals surface area contributed by atoms with Crippen LogP contribution in [0, 0.1) is 0 Å². The van der Waals surface area contributed by atoms with Crippen LogP contribution in [0.25, 0.3) is 0 Å². The third-order valence-electron chi connectivity index (χ3n) is 3.27. The van der Waals surface area contributed by atoms with E-state index in [9.17, 15) is 14.8 Å². The van der Waals surface area contributed by atoms with Gasteiger partial charge in [0.25, 0.3) is 5.91 Å². The quantitative estimate of drug-likeness (QED) is 0.778. The van der Waals surface area contributed by atoms with Crippen molar-refractivity contribution >= 4 is 11.9 Å². The van der Waals surface area contributed by atoms with E-state index < -0.39 is 12.1 Å². The van der Waals surface area contributed by atoms with Crippen LogP contribution >= 0.6 is 0 Å². The van der Waals surface area contributed by atoms with Crippen LogP contribution in [-0.2, 0) is 9.59 Å². The summed E-state index contributed by atoms with van der Waals surface area (Å²) in [7, 11) is 0. The minimum atomic E-state index is -0.979. The molecule has 0 aliphatic carbocycles. The Hall–Kier alpha value is -2.34. The summed E-state index contributed by atoms with van der Waals surface area (Å²) >= 11 is 0. The first-order valence-electron chi connectivity index (χ1n) is 6.26. The zero-order valence-electron chi connectivity index (χ0n) is 11.0. The molecule has 0 aromatic heterocycles. The lowest BCUT2D eigenvalue weighted by Crippen LogP contribution is -2.45. The van der Waals surface area contributed by atoms with Gasteiger partial charge in [0.15, 0.2) is 6.17 Å². The number of benzene rings is 1. The van der Waals surface area contributed by atoms with E-state index in [1.807, 2.05) is 18.2 Å². The highest BCUT2D eigenvalue weighted by atomic mass is 16.5. The van der Waals surface area contributed by atoms with Crippen LogP contribution in [0.15, 0.2) is 41.6 Å². The molecule has 1 heterocycles. The van der Waals surface area contributed by atoms with Crippen molar-refractivity contribution in [3.63, 3.8) is 0 Å². The molecule has 1 aromatic rings. The summed E-state index contributed by atoms with van der Waals surface area (Å²) in [5.41, 5.74) is 1.42. The number of hydrogen-bond acceptors (Lipinski definition) is 4. The number of hydrogen-bond donors (Lipinski definition) is 3. The predicted octanol–water partition coefficient (Wildman–Crippen LogP) is 1.65. The average Bonchev–Trinajstić information content (AvgIpc) is 2.43. The first-order chi connectivity index (χ1) is 9.50. The summed E-state index contributed by atoms with van der Waals surface area (Å²) in [6.07, 6.45) is -0.715. The van der Waals surface area contributed by atoms with Crippen LogP contribution in [0.4, 0.5) is 0 Å². The van der Waals surface area contributed by atoms with Crippen molar-refractivity contribution in [2.45, 2.75) is 25.9 Å². The monoisotopic (exact) mass is 276 g/mol. The van der Waals surface area contributed by atoms with Gasteiger partial charge in [-0.3, -0.25) is 14.8 Å².